The summed E-state index contributed by atoms with van der Waals surface area (Å²) in [6.45, 7) is 2.43. The maximum Gasteiger partial charge on any atom is 0.223 e. The molecule has 0 aromatic heterocycles. The summed E-state index contributed by atoms with van der Waals surface area (Å²) in [5.74, 6) is 0.572. The van der Waals surface area contributed by atoms with Crippen LogP contribution in [0.5, 0.6) is 5.75 Å². The number of amides is 1. The fourth-order valence-corrected chi connectivity index (χ4v) is 3.09. The smallest absolute Gasteiger partial charge is 0.223 e. The highest BCUT2D eigenvalue weighted by atomic mass is 32.2. The van der Waals surface area contributed by atoms with E-state index in [2.05, 4.69) is 31.2 Å². The molecule has 0 fully saturated rings. The minimum Gasteiger partial charge on any atom is -0.494 e. The molecule has 0 spiro atoms. The number of carbonyl (C=O) groups excluding carboxylic acids is 1. The van der Waals surface area contributed by atoms with Crippen LogP contribution in [0.4, 0.5) is 4.39 Å². The number of methoxy groups -OCH3 is 1. The number of nitrogens with zero attached hydrogens (tertiary/aromatic N) is 1. The molecular weight excluding hydrogens is 325 g/mol. The molecule has 2 aromatic rings. The van der Waals surface area contributed by atoms with E-state index in [0.717, 1.165) is 16.2 Å². The zero-order valence-corrected chi connectivity index (χ0v) is 15.0. The van der Waals surface area contributed by atoms with Crippen molar-refractivity contribution in [2.75, 3.05) is 19.9 Å². The Morgan fingerprint density at radius 3 is 2.54 bits per heavy atom. The fourth-order valence-electron chi connectivity index (χ4n) is 2.25. The molecule has 0 unspecified atom stereocenters. The molecule has 0 radical (unpaired) electrons. The lowest BCUT2D eigenvalue weighted by atomic mass is 10.2. The Morgan fingerprint density at radius 2 is 1.92 bits per heavy atom. The monoisotopic (exact) mass is 347 g/mol. The van der Waals surface area contributed by atoms with E-state index in [9.17, 15) is 9.18 Å². The van der Waals surface area contributed by atoms with Gasteiger partial charge in [0.05, 0.1) is 7.11 Å². The number of aryl methyl sites for hydroxylation is 1. The third-order valence-electron chi connectivity index (χ3n) is 3.67. The van der Waals surface area contributed by atoms with Crippen LogP contribution in [0.25, 0.3) is 0 Å². The molecule has 0 aliphatic carbocycles. The molecule has 1 amide bonds. The summed E-state index contributed by atoms with van der Waals surface area (Å²) >= 11 is 1.66. The van der Waals surface area contributed by atoms with Gasteiger partial charge in [-0.1, -0.05) is 23.8 Å². The van der Waals surface area contributed by atoms with Crippen molar-refractivity contribution in [3.63, 3.8) is 0 Å². The van der Waals surface area contributed by atoms with Crippen LogP contribution in [-0.2, 0) is 11.3 Å². The average molecular weight is 347 g/mol. The van der Waals surface area contributed by atoms with Crippen molar-refractivity contribution >= 4 is 17.7 Å². The standard InChI is InChI=1S/C19H22FNO2S/c1-14-4-7-16(8-5-14)24-11-10-19(22)21(2)13-15-6-9-18(23-3)17(20)12-15/h4-9,12H,10-11,13H2,1-3H3. The number of benzene rings is 2. The molecule has 0 bridgehead atoms. The van der Waals surface area contributed by atoms with Crippen LogP contribution in [0, 0.1) is 12.7 Å². The Balaban J connectivity index is 1.81. The quantitative estimate of drug-likeness (QED) is 0.700. The molecule has 3 nitrogen and oxygen atoms in total. The first-order chi connectivity index (χ1) is 11.5. The van der Waals surface area contributed by atoms with Gasteiger partial charge in [-0.05, 0) is 36.8 Å². The van der Waals surface area contributed by atoms with Crippen molar-refractivity contribution < 1.29 is 13.9 Å². The molecule has 0 atom stereocenters. The van der Waals surface area contributed by atoms with Gasteiger partial charge < -0.3 is 9.64 Å². The van der Waals surface area contributed by atoms with Crippen molar-refractivity contribution in [1.82, 2.24) is 4.90 Å². The van der Waals surface area contributed by atoms with Crippen molar-refractivity contribution in [1.29, 1.82) is 0 Å². The summed E-state index contributed by atoms with van der Waals surface area (Å²) in [4.78, 5) is 15.0. The highest BCUT2D eigenvalue weighted by molar-refractivity contribution is 7.99. The fraction of sp³-hybridized carbons (Fsp3) is 0.316. The first-order valence-corrected chi connectivity index (χ1v) is 8.74. The van der Waals surface area contributed by atoms with Crippen LogP contribution >= 0.6 is 11.8 Å². The van der Waals surface area contributed by atoms with Crippen molar-refractivity contribution in [3.8, 4) is 5.75 Å². The van der Waals surface area contributed by atoms with E-state index in [1.165, 1.54) is 18.7 Å². The molecule has 0 heterocycles. The molecule has 0 saturated carbocycles. The summed E-state index contributed by atoms with van der Waals surface area (Å²) in [6.07, 6.45) is 0.452. The van der Waals surface area contributed by atoms with Crippen LogP contribution in [-0.4, -0.2) is 30.7 Å². The second-order valence-corrected chi connectivity index (χ2v) is 6.80. The lowest BCUT2D eigenvalue weighted by Crippen LogP contribution is -2.26. The van der Waals surface area contributed by atoms with Gasteiger partial charge in [-0.3, -0.25) is 4.79 Å². The number of halogens is 1. The SMILES string of the molecule is COc1ccc(CN(C)C(=O)CCSc2ccc(C)cc2)cc1F. The molecule has 128 valence electrons. The molecule has 5 heteroatoms. The normalized spacial score (nSPS) is 10.5. The molecule has 0 aliphatic rings. The Morgan fingerprint density at radius 1 is 1.21 bits per heavy atom. The summed E-state index contributed by atoms with van der Waals surface area (Å²) in [7, 11) is 3.17. The van der Waals surface area contributed by atoms with E-state index < -0.39 is 5.82 Å². The second-order valence-electron chi connectivity index (χ2n) is 5.63. The van der Waals surface area contributed by atoms with E-state index >= 15 is 0 Å². The minimum absolute atomic E-state index is 0.0471. The molecular formula is C19H22FNO2S. The summed E-state index contributed by atoms with van der Waals surface area (Å²) in [5.41, 5.74) is 1.97. The molecule has 2 aromatic carbocycles. The Kier molecular flexibility index (Phi) is 6.67. The number of thioether (sulfide) groups is 1. The first-order valence-electron chi connectivity index (χ1n) is 7.75. The van der Waals surface area contributed by atoms with Crippen LogP contribution in [0.3, 0.4) is 0 Å². The molecule has 0 N–H and O–H groups in total. The van der Waals surface area contributed by atoms with Crippen LogP contribution in [0.1, 0.15) is 17.5 Å². The van der Waals surface area contributed by atoms with E-state index in [0.29, 0.717) is 13.0 Å². The maximum absolute atomic E-state index is 13.7. The lowest BCUT2D eigenvalue weighted by molar-refractivity contribution is -0.129. The van der Waals surface area contributed by atoms with Gasteiger partial charge in [0, 0.05) is 30.7 Å². The Hall–Kier alpha value is -2.01. The second kappa shape index (κ2) is 8.73. The van der Waals surface area contributed by atoms with Gasteiger partial charge in [0.1, 0.15) is 0 Å². The largest absolute Gasteiger partial charge is 0.494 e. The molecule has 0 saturated heterocycles. The maximum atomic E-state index is 13.7. The summed E-state index contributed by atoms with van der Waals surface area (Å²) in [6, 6.07) is 13.0. The van der Waals surface area contributed by atoms with Gasteiger partial charge in [-0.2, -0.15) is 0 Å². The van der Waals surface area contributed by atoms with Crippen molar-refractivity contribution in [2.45, 2.75) is 24.8 Å². The average Bonchev–Trinajstić information content (AvgIpc) is 2.56. The topological polar surface area (TPSA) is 29.5 Å². The van der Waals surface area contributed by atoms with Crippen molar-refractivity contribution in [2.24, 2.45) is 0 Å². The van der Waals surface area contributed by atoms with Gasteiger partial charge >= 0.3 is 0 Å². The highest BCUT2D eigenvalue weighted by Crippen LogP contribution is 2.20. The van der Waals surface area contributed by atoms with E-state index in [4.69, 9.17) is 4.74 Å². The number of hydrogen-bond donors (Lipinski definition) is 0. The van der Waals surface area contributed by atoms with Gasteiger partial charge in [0.2, 0.25) is 5.91 Å². The molecule has 2 rings (SSSR count). The number of carbonyl (C=O) groups is 1. The highest BCUT2D eigenvalue weighted by Gasteiger charge is 2.11. The zero-order valence-electron chi connectivity index (χ0n) is 14.2. The number of hydrogen-bond acceptors (Lipinski definition) is 3. The zero-order chi connectivity index (χ0) is 17.5. The third kappa shape index (κ3) is 5.27. The van der Waals surface area contributed by atoms with Gasteiger partial charge in [-0.15, -0.1) is 11.8 Å². The Bertz CT molecular complexity index is 688. The summed E-state index contributed by atoms with van der Waals surface area (Å²) < 4.78 is 18.6. The molecule has 0 aliphatic heterocycles. The van der Waals surface area contributed by atoms with Gasteiger partial charge in [0.15, 0.2) is 11.6 Å². The van der Waals surface area contributed by atoms with Crippen LogP contribution < -0.4 is 4.74 Å². The van der Waals surface area contributed by atoms with Crippen LogP contribution in [0.15, 0.2) is 47.4 Å². The third-order valence-corrected chi connectivity index (χ3v) is 4.68. The van der Waals surface area contributed by atoms with Crippen LogP contribution in [0.2, 0.25) is 0 Å². The Labute approximate surface area is 146 Å². The number of rotatable bonds is 7. The predicted molar refractivity (Wildman–Crippen MR) is 95.9 cm³/mol. The predicted octanol–water partition coefficient (Wildman–Crippen LogP) is 4.28. The van der Waals surface area contributed by atoms with E-state index in [1.54, 1.807) is 35.8 Å². The van der Waals surface area contributed by atoms with E-state index in [-0.39, 0.29) is 11.7 Å². The minimum atomic E-state index is -0.411. The number of ether oxygens (including phenoxy) is 1. The van der Waals surface area contributed by atoms with Crippen molar-refractivity contribution in [3.05, 3.63) is 59.4 Å². The lowest BCUT2D eigenvalue weighted by Gasteiger charge is -2.17. The van der Waals surface area contributed by atoms with E-state index in [1.807, 2.05) is 0 Å². The van der Waals surface area contributed by atoms with Gasteiger partial charge in [0.25, 0.3) is 0 Å². The summed E-state index contributed by atoms with van der Waals surface area (Å²) in [5, 5.41) is 0. The first kappa shape index (κ1) is 18.3. The van der Waals surface area contributed by atoms with Gasteiger partial charge in [-0.25, -0.2) is 4.39 Å². The molecule has 24 heavy (non-hydrogen) atoms.